The summed E-state index contributed by atoms with van der Waals surface area (Å²) in [4.78, 5) is 51.4. The van der Waals surface area contributed by atoms with Gasteiger partial charge in [0, 0.05) is 5.69 Å². The molecule has 2 aromatic carbocycles. The largest absolute Gasteiger partial charge is 0.465 e. The van der Waals surface area contributed by atoms with Crippen molar-refractivity contribution in [2.24, 2.45) is 0 Å². The molecule has 0 aliphatic heterocycles. The molecule has 0 spiro atoms. The van der Waals surface area contributed by atoms with E-state index in [-0.39, 0.29) is 0 Å². The number of esters is 1. The number of ether oxygens (including phenoxy) is 1. The van der Waals surface area contributed by atoms with Crippen molar-refractivity contribution in [1.29, 1.82) is 0 Å². The molecular formula is C19H17N3O5. The Morgan fingerprint density at radius 3 is 2.41 bits per heavy atom. The van der Waals surface area contributed by atoms with Crippen LogP contribution in [0.2, 0.25) is 0 Å². The van der Waals surface area contributed by atoms with E-state index in [1.165, 1.54) is 38.3 Å². The maximum atomic E-state index is 12.6. The van der Waals surface area contributed by atoms with E-state index in [4.69, 9.17) is 0 Å². The summed E-state index contributed by atoms with van der Waals surface area (Å²) in [5.41, 5.74) is -0.0364. The van der Waals surface area contributed by atoms with Gasteiger partial charge >= 0.3 is 11.7 Å². The highest BCUT2D eigenvalue weighted by Crippen LogP contribution is 2.13. The number of hydrogen-bond donors (Lipinski definition) is 2. The maximum absolute atomic E-state index is 12.6. The number of nitrogens with zero attached hydrogens (tertiary/aromatic N) is 1. The molecule has 3 rings (SSSR count). The van der Waals surface area contributed by atoms with Crippen LogP contribution in [0.4, 0.5) is 5.69 Å². The Kier molecular flexibility index (Phi) is 4.89. The van der Waals surface area contributed by atoms with E-state index < -0.39 is 29.2 Å². The summed E-state index contributed by atoms with van der Waals surface area (Å²) < 4.78 is 5.49. The molecule has 0 fully saturated rings. The average molecular weight is 367 g/mol. The molecule has 1 atom stereocenters. The predicted octanol–water partition coefficient (Wildman–Crippen LogP) is 1.68. The highest BCUT2D eigenvalue weighted by molar-refractivity contribution is 5.95. The number of para-hydroxylation sites is 1. The number of aromatic amines is 1. The van der Waals surface area contributed by atoms with Crippen LogP contribution in [0.1, 0.15) is 23.3 Å². The zero-order valence-electron chi connectivity index (χ0n) is 14.7. The molecule has 1 heterocycles. The molecule has 1 unspecified atom stereocenters. The number of carbonyl (C=O) groups excluding carboxylic acids is 2. The third-order valence-corrected chi connectivity index (χ3v) is 4.18. The lowest BCUT2D eigenvalue weighted by Crippen LogP contribution is -2.41. The predicted molar refractivity (Wildman–Crippen MR) is 100.0 cm³/mol. The number of amides is 1. The molecule has 8 heteroatoms. The van der Waals surface area contributed by atoms with E-state index in [1.807, 2.05) is 0 Å². The SMILES string of the molecule is COC(=O)c1ccc(NC(=O)C(C)n2c(=O)[nH]c3ccccc3c2=O)cc1. The fourth-order valence-electron chi connectivity index (χ4n) is 2.70. The summed E-state index contributed by atoms with van der Waals surface area (Å²) >= 11 is 0. The van der Waals surface area contributed by atoms with Gasteiger partial charge in [-0.3, -0.25) is 9.59 Å². The van der Waals surface area contributed by atoms with Crippen molar-refractivity contribution in [3.63, 3.8) is 0 Å². The first-order chi connectivity index (χ1) is 12.9. The Morgan fingerprint density at radius 2 is 1.74 bits per heavy atom. The molecule has 1 amide bonds. The third kappa shape index (κ3) is 3.50. The Bertz CT molecular complexity index is 1130. The summed E-state index contributed by atoms with van der Waals surface area (Å²) in [5, 5.41) is 2.94. The summed E-state index contributed by atoms with van der Waals surface area (Å²) in [6.07, 6.45) is 0. The van der Waals surface area contributed by atoms with Crippen molar-refractivity contribution in [3.05, 3.63) is 74.9 Å². The molecule has 0 aliphatic rings. The van der Waals surface area contributed by atoms with Gasteiger partial charge in [0.05, 0.1) is 23.6 Å². The van der Waals surface area contributed by atoms with E-state index in [1.54, 1.807) is 24.3 Å². The second-order valence-electron chi connectivity index (χ2n) is 5.89. The summed E-state index contributed by atoms with van der Waals surface area (Å²) in [6, 6.07) is 11.6. The van der Waals surface area contributed by atoms with Crippen LogP contribution in [0.3, 0.4) is 0 Å². The van der Waals surface area contributed by atoms with E-state index in [0.717, 1.165) is 4.57 Å². The minimum atomic E-state index is -1.04. The fourth-order valence-corrected chi connectivity index (χ4v) is 2.70. The number of carbonyl (C=O) groups is 2. The molecule has 2 N–H and O–H groups in total. The minimum absolute atomic E-state index is 0.319. The highest BCUT2D eigenvalue weighted by atomic mass is 16.5. The van der Waals surface area contributed by atoms with Crippen molar-refractivity contribution in [2.75, 3.05) is 12.4 Å². The number of methoxy groups -OCH3 is 1. The zero-order valence-corrected chi connectivity index (χ0v) is 14.7. The number of rotatable bonds is 4. The quantitative estimate of drug-likeness (QED) is 0.682. The lowest BCUT2D eigenvalue weighted by atomic mass is 10.2. The first kappa shape index (κ1) is 18.1. The molecule has 8 nitrogen and oxygen atoms in total. The van der Waals surface area contributed by atoms with Crippen LogP contribution in [0, 0.1) is 0 Å². The molecule has 0 saturated carbocycles. The lowest BCUT2D eigenvalue weighted by Gasteiger charge is -2.15. The molecule has 27 heavy (non-hydrogen) atoms. The first-order valence-electron chi connectivity index (χ1n) is 8.15. The first-order valence-corrected chi connectivity index (χ1v) is 8.15. The average Bonchev–Trinajstić information content (AvgIpc) is 2.67. The monoisotopic (exact) mass is 367 g/mol. The normalized spacial score (nSPS) is 11.8. The fraction of sp³-hybridized carbons (Fsp3) is 0.158. The second kappa shape index (κ2) is 7.28. The highest BCUT2D eigenvalue weighted by Gasteiger charge is 2.20. The number of fused-ring (bicyclic) bond motifs is 1. The van der Waals surface area contributed by atoms with Crippen molar-refractivity contribution in [1.82, 2.24) is 9.55 Å². The van der Waals surface area contributed by atoms with Crippen molar-refractivity contribution < 1.29 is 14.3 Å². The van der Waals surface area contributed by atoms with Gasteiger partial charge in [0.1, 0.15) is 6.04 Å². The van der Waals surface area contributed by atoms with Gasteiger partial charge < -0.3 is 15.0 Å². The van der Waals surface area contributed by atoms with Gasteiger partial charge in [-0.2, -0.15) is 0 Å². The number of benzene rings is 2. The maximum Gasteiger partial charge on any atom is 0.337 e. The van der Waals surface area contributed by atoms with Crippen LogP contribution in [-0.2, 0) is 9.53 Å². The number of aromatic nitrogens is 2. The lowest BCUT2D eigenvalue weighted by molar-refractivity contribution is -0.119. The van der Waals surface area contributed by atoms with E-state index >= 15 is 0 Å². The van der Waals surface area contributed by atoms with Gasteiger partial charge in [-0.15, -0.1) is 0 Å². The molecular weight excluding hydrogens is 350 g/mol. The Labute approximate surface area is 153 Å². The standard InChI is InChI=1S/C19H17N3O5/c1-11(16(23)20-13-9-7-12(8-10-13)18(25)27-2)22-17(24)14-5-3-4-6-15(14)21-19(22)26/h3-11H,1-2H3,(H,20,23)(H,21,26). The van der Waals surface area contributed by atoms with Gasteiger partial charge in [0.15, 0.2) is 0 Å². The van der Waals surface area contributed by atoms with Gasteiger partial charge in [0.25, 0.3) is 5.56 Å². The smallest absolute Gasteiger partial charge is 0.337 e. The number of anilines is 1. The number of hydrogen-bond acceptors (Lipinski definition) is 5. The van der Waals surface area contributed by atoms with Crippen LogP contribution < -0.4 is 16.6 Å². The van der Waals surface area contributed by atoms with Crippen LogP contribution in [0.25, 0.3) is 10.9 Å². The van der Waals surface area contributed by atoms with Crippen LogP contribution in [0.5, 0.6) is 0 Å². The van der Waals surface area contributed by atoms with E-state index in [9.17, 15) is 19.2 Å². The Morgan fingerprint density at radius 1 is 1.07 bits per heavy atom. The van der Waals surface area contributed by atoms with E-state index in [0.29, 0.717) is 22.2 Å². The van der Waals surface area contributed by atoms with Crippen LogP contribution in [0.15, 0.2) is 58.1 Å². The summed E-state index contributed by atoms with van der Waals surface area (Å²) in [7, 11) is 1.28. The molecule has 0 bridgehead atoms. The Hall–Kier alpha value is -3.68. The van der Waals surface area contributed by atoms with Crippen molar-refractivity contribution in [2.45, 2.75) is 13.0 Å². The Balaban J connectivity index is 1.88. The molecule has 0 aliphatic carbocycles. The third-order valence-electron chi connectivity index (χ3n) is 4.18. The van der Waals surface area contributed by atoms with Gasteiger partial charge in [-0.05, 0) is 43.3 Å². The minimum Gasteiger partial charge on any atom is -0.465 e. The number of nitrogens with one attached hydrogen (secondary N) is 2. The van der Waals surface area contributed by atoms with Crippen LogP contribution in [-0.4, -0.2) is 28.5 Å². The van der Waals surface area contributed by atoms with Gasteiger partial charge in [-0.25, -0.2) is 14.2 Å². The molecule has 138 valence electrons. The van der Waals surface area contributed by atoms with Crippen LogP contribution >= 0.6 is 0 Å². The number of H-pyrrole nitrogens is 1. The van der Waals surface area contributed by atoms with Crippen molar-refractivity contribution >= 4 is 28.5 Å². The summed E-state index contributed by atoms with van der Waals surface area (Å²) in [5.74, 6) is -1.03. The molecule has 0 radical (unpaired) electrons. The zero-order chi connectivity index (χ0) is 19.6. The van der Waals surface area contributed by atoms with Gasteiger partial charge in [-0.1, -0.05) is 12.1 Å². The molecule has 0 saturated heterocycles. The molecule has 3 aromatic rings. The topological polar surface area (TPSA) is 110 Å². The van der Waals surface area contributed by atoms with Gasteiger partial charge in [0.2, 0.25) is 5.91 Å². The van der Waals surface area contributed by atoms with Crippen molar-refractivity contribution in [3.8, 4) is 0 Å². The summed E-state index contributed by atoms with van der Waals surface area (Å²) in [6.45, 7) is 1.46. The molecule has 1 aromatic heterocycles. The van der Waals surface area contributed by atoms with E-state index in [2.05, 4.69) is 15.0 Å². The second-order valence-corrected chi connectivity index (χ2v) is 5.89.